The van der Waals surface area contributed by atoms with E-state index in [1.807, 2.05) is 60.5 Å². The van der Waals surface area contributed by atoms with Crippen molar-refractivity contribution >= 4 is 28.8 Å². The zero-order chi connectivity index (χ0) is 19.9. The quantitative estimate of drug-likeness (QED) is 0.807. The highest BCUT2D eigenvalue weighted by molar-refractivity contribution is 7.12. The molecule has 0 spiro atoms. The van der Waals surface area contributed by atoms with Crippen LogP contribution < -0.4 is 10.1 Å². The molecule has 7 heteroatoms. The summed E-state index contributed by atoms with van der Waals surface area (Å²) in [6.07, 6.45) is 0.851. The summed E-state index contributed by atoms with van der Waals surface area (Å²) >= 11 is 1.47. The Hall–Kier alpha value is -2.38. The van der Waals surface area contributed by atoms with E-state index in [4.69, 9.17) is 4.74 Å². The molecule has 0 radical (unpaired) electrons. The van der Waals surface area contributed by atoms with Crippen LogP contribution >= 0.6 is 11.3 Å². The van der Waals surface area contributed by atoms with Crippen molar-refractivity contribution in [1.29, 1.82) is 0 Å². The average Bonchev–Trinajstić information content (AvgIpc) is 3.13. The number of nitrogens with zero attached hydrogens (tertiary/aromatic N) is 2. The lowest BCUT2D eigenvalue weighted by atomic mass is 10.2. The van der Waals surface area contributed by atoms with Gasteiger partial charge in [-0.25, -0.2) is 0 Å². The Morgan fingerprint density at radius 1 is 1.14 bits per heavy atom. The third kappa shape index (κ3) is 4.91. The van der Waals surface area contributed by atoms with E-state index in [1.165, 1.54) is 11.3 Å². The molecule has 1 saturated heterocycles. The number of hydrogen-bond acceptors (Lipinski definition) is 5. The molecule has 1 aromatic heterocycles. The number of carbonyl (C=O) groups is 2. The number of ether oxygens (including phenoxy) is 1. The van der Waals surface area contributed by atoms with Crippen LogP contribution in [0.25, 0.3) is 0 Å². The topological polar surface area (TPSA) is 61.9 Å². The van der Waals surface area contributed by atoms with Gasteiger partial charge in [-0.05, 0) is 43.8 Å². The fraction of sp³-hybridized carbons (Fsp3) is 0.429. The maximum absolute atomic E-state index is 12.8. The van der Waals surface area contributed by atoms with E-state index in [0.29, 0.717) is 31.1 Å². The first-order valence-corrected chi connectivity index (χ1v) is 10.6. The van der Waals surface area contributed by atoms with Crippen LogP contribution in [0.3, 0.4) is 0 Å². The lowest BCUT2D eigenvalue weighted by Crippen LogP contribution is -2.44. The molecule has 0 aliphatic carbocycles. The second kappa shape index (κ2) is 9.71. The number of thiophene rings is 1. The molecule has 150 valence electrons. The van der Waals surface area contributed by atoms with Crippen molar-refractivity contribution in [2.45, 2.75) is 26.3 Å². The Morgan fingerprint density at radius 3 is 2.71 bits per heavy atom. The maximum Gasteiger partial charge on any atom is 0.263 e. The third-order valence-electron chi connectivity index (χ3n) is 4.92. The number of anilines is 1. The molecule has 1 atom stereocenters. The number of benzene rings is 1. The van der Waals surface area contributed by atoms with E-state index in [1.54, 1.807) is 0 Å². The summed E-state index contributed by atoms with van der Waals surface area (Å²) in [5, 5.41) is 4.91. The molecule has 2 aromatic rings. The molecule has 0 bridgehead atoms. The fourth-order valence-corrected chi connectivity index (χ4v) is 4.03. The molecule has 1 aliphatic rings. The minimum Gasteiger partial charge on any atom is -0.492 e. The standard InChI is InChI=1S/C21H27N3O3S/c1-3-27-18-9-5-4-8-17(18)22-20(25)16(2)23-11-7-12-24(14-13-23)21(26)19-10-6-15-28-19/h4-6,8-10,15-16H,3,7,11-14H2,1-2H3,(H,22,25). The van der Waals surface area contributed by atoms with E-state index in [-0.39, 0.29) is 17.9 Å². The van der Waals surface area contributed by atoms with Gasteiger partial charge in [0.15, 0.2) is 0 Å². The molecule has 2 amide bonds. The number of carbonyl (C=O) groups excluding carboxylic acids is 2. The van der Waals surface area contributed by atoms with Crippen molar-refractivity contribution < 1.29 is 14.3 Å². The molecule has 2 heterocycles. The van der Waals surface area contributed by atoms with Crippen molar-refractivity contribution in [3.63, 3.8) is 0 Å². The van der Waals surface area contributed by atoms with Crippen LogP contribution in [0, 0.1) is 0 Å². The normalized spacial score (nSPS) is 16.3. The Kier molecular flexibility index (Phi) is 7.06. The van der Waals surface area contributed by atoms with Crippen molar-refractivity contribution in [1.82, 2.24) is 9.80 Å². The number of rotatable bonds is 6. The first-order chi connectivity index (χ1) is 13.6. The van der Waals surface area contributed by atoms with Gasteiger partial charge in [0.05, 0.1) is 23.2 Å². The van der Waals surface area contributed by atoms with Crippen LogP contribution in [0.15, 0.2) is 41.8 Å². The summed E-state index contributed by atoms with van der Waals surface area (Å²) in [7, 11) is 0. The Morgan fingerprint density at radius 2 is 1.96 bits per heavy atom. The van der Waals surface area contributed by atoms with Crippen molar-refractivity contribution in [3.05, 3.63) is 46.7 Å². The molecule has 3 rings (SSSR count). The minimum atomic E-state index is -0.286. The van der Waals surface area contributed by atoms with E-state index in [2.05, 4.69) is 10.2 Å². The smallest absolute Gasteiger partial charge is 0.263 e. The Bertz CT molecular complexity index is 794. The SMILES string of the molecule is CCOc1ccccc1NC(=O)C(C)N1CCCN(C(=O)c2cccs2)CC1. The highest BCUT2D eigenvalue weighted by Gasteiger charge is 2.26. The van der Waals surface area contributed by atoms with Gasteiger partial charge in [-0.15, -0.1) is 11.3 Å². The fourth-order valence-electron chi connectivity index (χ4n) is 3.34. The lowest BCUT2D eigenvalue weighted by Gasteiger charge is -2.27. The molecule has 0 saturated carbocycles. The van der Waals surface area contributed by atoms with Gasteiger partial charge in [0.2, 0.25) is 5.91 Å². The number of nitrogens with one attached hydrogen (secondary N) is 1. The summed E-state index contributed by atoms with van der Waals surface area (Å²) in [5.41, 5.74) is 0.686. The van der Waals surface area contributed by atoms with Gasteiger partial charge < -0.3 is 15.0 Å². The van der Waals surface area contributed by atoms with E-state index < -0.39 is 0 Å². The number of para-hydroxylation sites is 2. The van der Waals surface area contributed by atoms with Crippen molar-refractivity contribution in [2.75, 3.05) is 38.1 Å². The first-order valence-electron chi connectivity index (χ1n) is 9.69. The predicted molar refractivity (Wildman–Crippen MR) is 112 cm³/mol. The summed E-state index contributed by atoms with van der Waals surface area (Å²) in [5.74, 6) is 0.693. The molecule has 1 unspecified atom stereocenters. The molecule has 28 heavy (non-hydrogen) atoms. The van der Waals surface area contributed by atoms with Gasteiger partial charge in [-0.2, -0.15) is 0 Å². The monoisotopic (exact) mass is 401 g/mol. The Balaban J connectivity index is 1.59. The zero-order valence-electron chi connectivity index (χ0n) is 16.4. The van der Waals surface area contributed by atoms with Crippen LogP contribution in [-0.2, 0) is 4.79 Å². The second-order valence-electron chi connectivity index (χ2n) is 6.75. The lowest BCUT2D eigenvalue weighted by molar-refractivity contribution is -0.120. The summed E-state index contributed by atoms with van der Waals surface area (Å²) in [6, 6.07) is 10.9. The summed E-state index contributed by atoms with van der Waals surface area (Å²) < 4.78 is 5.59. The highest BCUT2D eigenvalue weighted by atomic mass is 32.1. The van der Waals surface area contributed by atoms with Crippen molar-refractivity contribution in [3.8, 4) is 5.75 Å². The van der Waals surface area contributed by atoms with Gasteiger partial charge in [0.1, 0.15) is 5.75 Å². The maximum atomic E-state index is 12.8. The summed E-state index contributed by atoms with van der Waals surface area (Å²) in [4.78, 5) is 30.2. The van der Waals surface area contributed by atoms with E-state index in [9.17, 15) is 9.59 Å². The van der Waals surface area contributed by atoms with Crippen LogP contribution in [0.4, 0.5) is 5.69 Å². The van der Waals surface area contributed by atoms with Crippen molar-refractivity contribution in [2.24, 2.45) is 0 Å². The molecular formula is C21H27N3O3S. The van der Waals surface area contributed by atoms with Gasteiger partial charge in [0.25, 0.3) is 5.91 Å². The molecule has 1 aliphatic heterocycles. The van der Waals surface area contributed by atoms with Crippen LogP contribution in [0.2, 0.25) is 0 Å². The van der Waals surface area contributed by atoms with Gasteiger partial charge >= 0.3 is 0 Å². The van der Waals surface area contributed by atoms with Gasteiger partial charge in [0, 0.05) is 26.2 Å². The molecular weight excluding hydrogens is 374 g/mol. The number of amides is 2. The van der Waals surface area contributed by atoms with Crippen LogP contribution in [-0.4, -0.2) is 60.4 Å². The Labute approximate surface area is 170 Å². The van der Waals surface area contributed by atoms with E-state index >= 15 is 0 Å². The largest absolute Gasteiger partial charge is 0.492 e. The number of hydrogen-bond donors (Lipinski definition) is 1. The van der Waals surface area contributed by atoms with Crippen LogP contribution in [0.5, 0.6) is 5.75 Å². The summed E-state index contributed by atoms with van der Waals surface area (Å²) in [6.45, 7) is 7.19. The highest BCUT2D eigenvalue weighted by Crippen LogP contribution is 2.24. The minimum absolute atomic E-state index is 0.0646. The van der Waals surface area contributed by atoms with Crippen LogP contribution in [0.1, 0.15) is 29.9 Å². The molecule has 1 aromatic carbocycles. The second-order valence-corrected chi connectivity index (χ2v) is 7.70. The zero-order valence-corrected chi connectivity index (χ0v) is 17.2. The van der Waals surface area contributed by atoms with E-state index in [0.717, 1.165) is 24.4 Å². The predicted octanol–water partition coefficient (Wildman–Crippen LogP) is 3.32. The van der Waals surface area contributed by atoms with Gasteiger partial charge in [-0.1, -0.05) is 18.2 Å². The first kappa shape index (κ1) is 20.4. The third-order valence-corrected chi connectivity index (χ3v) is 5.78. The average molecular weight is 402 g/mol. The van der Waals surface area contributed by atoms with Gasteiger partial charge in [-0.3, -0.25) is 14.5 Å². The molecule has 1 N–H and O–H groups in total. The molecule has 6 nitrogen and oxygen atoms in total. The molecule has 1 fully saturated rings.